The van der Waals surface area contributed by atoms with Gasteiger partial charge in [-0.05, 0) is 38.8 Å². The van der Waals surface area contributed by atoms with Crippen LogP contribution >= 0.6 is 0 Å². The zero-order chi connectivity index (χ0) is 12.4. The van der Waals surface area contributed by atoms with Crippen LogP contribution in [0.4, 0.5) is 0 Å². The number of hydrogen-bond donors (Lipinski definition) is 1. The third-order valence-electron chi connectivity index (χ3n) is 3.37. The molecule has 1 aromatic carbocycles. The second-order valence-electron chi connectivity index (χ2n) is 4.88. The van der Waals surface area contributed by atoms with Gasteiger partial charge in [-0.15, -0.1) is 0 Å². The molecule has 1 saturated carbocycles. The van der Waals surface area contributed by atoms with Crippen molar-refractivity contribution in [3.05, 3.63) is 35.9 Å². The van der Waals surface area contributed by atoms with Crippen LogP contribution < -0.4 is 0 Å². The fourth-order valence-corrected chi connectivity index (χ4v) is 2.29. The third-order valence-corrected chi connectivity index (χ3v) is 3.37. The Morgan fingerprint density at radius 2 is 1.94 bits per heavy atom. The van der Waals surface area contributed by atoms with Crippen LogP contribution in [-0.4, -0.2) is 34.1 Å². The lowest BCUT2D eigenvalue weighted by molar-refractivity contribution is -0.0239. The summed E-state index contributed by atoms with van der Waals surface area (Å²) in [6, 6.07) is 9.37. The lowest BCUT2D eigenvalue weighted by Gasteiger charge is -2.43. The van der Waals surface area contributed by atoms with Crippen molar-refractivity contribution < 1.29 is 9.90 Å². The fraction of sp³-hybridized carbons (Fsp3) is 0.500. The quantitative estimate of drug-likeness (QED) is 0.868. The standard InChI is InChI=1S/C14H19NO2/c1-10(2)15(12-8-9-13(12)16)14(17)11-6-4-3-5-7-11/h3-7,10,12-13,16H,8-9H2,1-2H3. The van der Waals surface area contributed by atoms with E-state index < -0.39 is 0 Å². The molecule has 17 heavy (non-hydrogen) atoms. The number of aliphatic hydroxyl groups excluding tert-OH is 1. The first-order valence-electron chi connectivity index (χ1n) is 6.17. The van der Waals surface area contributed by atoms with Gasteiger partial charge in [0.15, 0.2) is 0 Å². The highest BCUT2D eigenvalue weighted by Crippen LogP contribution is 2.28. The molecule has 1 aliphatic rings. The molecule has 3 heteroatoms. The summed E-state index contributed by atoms with van der Waals surface area (Å²) in [6.45, 7) is 3.98. The summed E-state index contributed by atoms with van der Waals surface area (Å²) in [6.07, 6.45) is 1.35. The summed E-state index contributed by atoms with van der Waals surface area (Å²) in [5.74, 6) is 0.0179. The molecule has 1 fully saturated rings. The minimum absolute atomic E-state index is 0.0114. The molecule has 0 aliphatic heterocycles. The number of amides is 1. The van der Waals surface area contributed by atoms with Gasteiger partial charge in [-0.25, -0.2) is 0 Å². The number of hydrogen-bond acceptors (Lipinski definition) is 2. The van der Waals surface area contributed by atoms with Gasteiger partial charge in [0.05, 0.1) is 12.1 Å². The van der Waals surface area contributed by atoms with E-state index in [2.05, 4.69) is 0 Å². The fourth-order valence-electron chi connectivity index (χ4n) is 2.29. The first kappa shape index (κ1) is 12.1. The molecule has 2 rings (SSSR count). The summed E-state index contributed by atoms with van der Waals surface area (Å²) in [4.78, 5) is 14.2. The Hall–Kier alpha value is -1.35. The second-order valence-corrected chi connectivity index (χ2v) is 4.88. The maximum Gasteiger partial charge on any atom is 0.254 e. The van der Waals surface area contributed by atoms with E-state index in [-0.39, 0.29) is 24.1 Å². The van der Waals surface area contributed by atoms with E-state index in [0.29, 0.717) is 5.56 Å². The molecular formula is C14H19NO2. The molecule has 1 N–H and O–H groups in total. The number of carbonyl (C=O) groups excluding carboxylic acids is 1. The molecule has 1 amide bonds. The Labute approximate surface area is 102 Å². The van der Waals surface area contributed by atoms with Crippen LogP contribution in [0.3, 0.4) is 0 Å². The summed E-state index contributed by atoms with van der Waals surface area (Å²) in [5, 5.41) is 9.73. The lowest BCUT2D eigenvalue weighted by atomic mass is 9.86. The Balaban J connectivity index is 2.19. The maximum absolute atomic E-state index is 12.4. The summed E-state index contributed by atoms with van der Waals surface area (Å²) in [5.41, 5.74) is 0.695. The molecule has 2 unspecified atom stereocenters. The number of nitrogens with zero attached hydrogens (tertiary/aromatic N) is 1. The molecule has 1 aliphatic carbocycles. The number of benzene rings is 1. The molecule has 2 atom stereocenters. The average molecular weight is 233 g/mol. The van der Waals surface area contributed by atoms with Gasteiger partial charge in [-0.2, -0.15) is 0 Å². The van der Waals surface area contributed by atoms with Crippen LogP contribution in [0, 0.1) is 0 Å². The van der Waals surface area contributed by atoms with Gasteiger partial charge in [0.1, 0.15) is 0 Å². The molecule has 0 saturated heterocycles. The zero-order valence-corrected chi connectivity index (χ0v) is 10.3. The first-order chi connectivity index (χ1) is 8.11. The van der Waals surface area contributed by atoms with Crippen molar-refractivity contribution >= 4 is 5.91 Å². The highest BCUT2D eigenvalue weighted by molar-refractivity contribution is 5.94. The monoisotopic (exact) mass is 233 g/mol. The molecule has 0 radical (unpaired) electrons. The third kappa shape index (κ3) is 2.34. The predicted octanol–water partition coefficient (Wildman–Crippen LogP) is 2.06. The second kappa shape index (κ2) is 4.88. The van der Waals surface area contributed by atoms with Gasteiger partial charge in [0.2, 0.25) is 0 Å². The molecule has 0 spiro atoms. The summed E-state index contributed by atoms with van der Waals surface area (Å²) < 4.78 is 0. The van der Waals surface area contributed by atoms with E-state index in [9.17, 15) is 9.90 Å². The van der Waals surface area contributed by atoms with Crippen LogP contribution in [0.25, 0.3) is 0 Å². The minimum Gasteiger partial charge on any atom is -0.391 e. The van der Waals surface area contributed by atoms with Crippen molar-refractivity contribution in [2.24, 2.45) is 0 Å². The van der Waals surface area contributed by atoms with Crippen molar-refractivity contribution in [3.8, 4) is 0 Å². The topological polar surface area (TPSA) is 40.5 Å². The van der Waals surface area contributed by atoms with Crippen LogP contribution in [0.2, 0.25) is 0 Å². The van der Waals surface area contributed by atoms with Crippen LogP contribution in [-0.2, 0) is 0 Å². The summed E-state index contributed by atoms with van der Waals surface area (Å²) in [7, 11) is 0. The zero-order valence-electron chi connectivity index (χ0n) is 10.3. The Kier molecular flexibility index (Phi) is 3.48. The van der Waals surface area contributed by atoms with Gasteiger partial charge in [0, 0.05) is 11.6 Å². The molecule has 0 aromatic heterocycles. The van der Waals surface area contributed by atoms with Crippen LogP contribution in [0.15, 0.2) is 30.3 Å². The number of aliphatic hydroxyl groups is 1. The van der Waals surface area contributed by atoms with Crippen molar-refractivity contribution in [1.82, 2.24) is 4.90 Å². The number of carbonyl (C=O) groups is 1. The van der Waals surface area contributed by atoms with Gasteiger partial charge in [-0.1, -0.05) is 18.2 Å². The lowest BCUT2D eigenvalue weighted by Crippen LogP contribution is -2.55. The first-order valence-corrected chi connectivity index (χ1v) is 6.17. The maximum atomic E-state index is 12.4. The molecular weight excluding hydrogens is 214 g/mol. The van der Waals surface area contributed by atoms with Crippen molar-refractivity contribution in [3.63, 3.8) is 0 Å². The SMILES string of the molecule is CC(C)N(C(=O)c1ccccc1)C1CCC1O. The molecule has 1 aromatic rings. The van der Waals surface area contributed by atoms with Crippen molar-refractivity contribution in [2.75, 3.05) is 0 Å². The van der Waals surface area contributed by atoms with Gasteiger partial charge >= 0.3 is 0 Å². The van der Waals surface area contributed by atoms with E-state index in [0.717, 1.165) is 12.8 Å². The van der Waals surface area contributed by atoms with Crippen molar-refractivity contribution in [1.29, 1.82) is 0 Å². The Morgan fingerprint density at radius 3 is 2.35 bits per heavy atom. The van der Waals surface area contributed by atoms with E-state index in [4.69, 9.17) is 0 Å². The van der Waals surface area contributed by atoms with Gasteiger partial charge < -0.3 is 10.0 Å². The van der Waals surface area contributed by atoms with Crippen LogP contribution in [0.1, 0.15) is 37.0 Å². The molecule has 0 heterocycles. The molecule has 3 nitrogen and oxygen atoms in total. The Morgan fingerprint density at radius 1 is 1.29 bits per heavy atom. The predicted molar refractivity (Wildman–Crippen MR) is 66.8 cm³/mol. The molecule has 0 bridgehead atoms. The van der Waals surface area contributed by atoms with Crippen LogP contribution in [0.5, 0.6) is 0 Å². The van der Waals surface area contributed by atoms with E-state index in [1.165, 1.54) is 0 Å². The summed E-state index contributed by atoms with van der Waals surface area (Å²) >= 11 is 0. The Bertz CT molecular complexity index is 388. The van der Waals surface area contributed by atoms with E-state index in [1.54, 1.807) is 0 Å². The number of rotatable bonds is 3. The highest BCUT2D eigenvalue weighted by Gasteiger charge is 2.38. The largest absolute Gasteiger partial charge is 0.391 e. The minimum atomic E-state index is -0.356. The van der Waals surface area contributed by atoms with Gasteiger partial charge in [-0.3, -0.25) is 4.79 Å². The average Bonchev–Trinajstić information content (AvgIpc) is 2.33. The highest BCUT2D eigenvalue weighted by atomic mass is 16.3. The van der Waals surface area contributed by atoms with Crippen molar-refractivity contribution in [2.45, 2.75) is 44.9 Å². The normalized spacial score (nSPS) is 23.3. The van der Waals surface area contributed by atoms with E-state index in [1.807, 2.05) is 49.1 Å². The van der Waals surface area contributed by atoms with E-state index >= 15 is 0 Å². The van der Waals surface area contributed by atoms with Gasteiger partial charge in [0.25, 0.3) is 5.91 Å². The molecule has 92 valence electrons. The smallest absolute Gasteiger partial charge is 0.254 e.